The number of pyridine rings is 1. The molecule has 16 heavy (non-hydrogen) atoms. The second kappa shape index (κ2) is 4.09. The molecule has 0 aliphatic heterocycles. The molecule has 0 aliphatic rings. The number of benzene rings is 1. The van der Waals surface area contributed by atoms with Gasteiger partial charge in [-0.05, 0) is 22.0 Å². The molecule has 1 heterocycles. The van der Waals surface area contributed by atoms with Crippen LogP contribution in [-0.4, -0.2) is 17.9 Å². The minimum Gasteiger partial charge on any atom is -0.355 e. The van der Waals surface area contributed by atoms with E-state index < -0.39 is 0 Å². The predicted octanol–water partition coefficient (Wildman–Crippen LogP) is 1.65. The summed E-state index contributed by atoms with van der Waals surface area (Å²) in [5.74, 6) is -0.269. The van der Waals surface area contributed by atoms with Crippen LogP contribution in [0.25, 0.3) is 10.9 Å². The number of rotatable bonds is 1. The Morgan fingerprint density at radius 2 is 2.19 bits per heavy atom. The van der Waals surface area contributed by atoms with E-state index in [0.29, 0.717) is 16.5 Å². The molecule has 1 amide bonds. The van der Waals surface area contributed by atoms with E-state index in [1.165, 1.54) is 13.1 Å². The number of amides is 1. The summed E-state index contributed by atoms with van der Waals surface area (Å²) in [6.45, 7) is 0. The number of aromatic nitrogens is 1. The summed E-state index contributed by atoms with van der Waals surface area (Å²) in [5, 5.41) is 3.23. The van der Waals surface area contributed by atoms with Gasteiger partial charge in [-0.1, -0.05) is 12.1 Å². The van der Waals surface area contributed by atoms with E-state index in [4.69, 9.17) is 0 Å². The van der Waals surface area contributed by atoms with Crippen LogP contribution in [0.1, 0.15) is 10.4 Å². The number of fused-ring (bicyclic) bond motifs is 1. The largest absolute Gasteiger partial charge is 0.355 e. The van der Waals surface area contributed by atoms with E-state index in [0.717, 1.165) is 4.47 Å². The molecule has 0 atom stereocenters. The van der Waals surface area contributed by atoms with Crippen molar-refractivity contribution in [1.29, 1.82) is 0 Å². The second-order valence-electron chi connectivity index (χ2n) is 3.29. The molecule has 0 saturated carbocycles. The van der Waals surface area contributed by atoms with Crippen molar-refractivity contribution >= 4 is 32.7 Å². The molecule has 0 saturated heterocycles. The molecular weight excluding hydrogens is 272 g/mol. The van der Waals surface area contributed by atoms with Gasteiger partial charge in [0.1, 0.15) is 0 Å². The number of hydrogen-bond donors (Lipinski definition) is 2. The lowest BCUT2D eigenvalue weighted by Gasteiger charge is -2.05. The third-order valence-electron chi connectivity index (χ3n) is 2.30. The third-order valence-corrected chi connectivity index (χ3v) is 2.96. The molecule has 0 fully saturated rings. The van der Waals surface area contributed by atoms with Crippen LogP contribution in [0.3, 0.4) is 0 Å². The van der Waals surface area contributed by atoms with Gasteiger partial charge < -0.3 is 10.3 Å². The number of hydrogen-bond acceptors (Lipinski definition) is 2. The lowest BCUT2D eigenvalue weighted by molar-refractivity contribution is 0.0964. The molecule has 0 aliphatic carbocycles. The van der Waals surface area contributed by atoms with Gasteiger partial charge in [-0.3, -0.25) is 9.59 Å². The van der Waals surface area contributed by atoms with Gasteiger partial charge >= 0.3 is 0 Å². The number of aromatic amines is 1. The fourth-order valence-electron chi connectivity index (χ4n) is 1.57. The smallest absolute Gasteiger partial charge is 0.251 e. The lowest BCUT2D eigenvalue weighted by Crippen LogP contribution is -2.21. The maximum Gasteiger partial charge on any atom is 0.251 e. The summed E-state index contributed by atoms with van der Waals surface area (Å²) in [6, 6.07) is 6.72. The number of carbonyl (C=O) groups is 1. The number of nitrogens with one attached hydrogen (secondary N) is 2. The zero-order valence-electron chi connectivity index (χ0n) is 8.50. The Morgan fingerprint density at radius 3 is 2.88 bits per heavy atom. The number of halogens is 1. The zero-order chi connectivity index (χ0) is 11.7. The van der Waals surface area contributed by atoms with Crippen LogP contribution in [0.5, 0.6) is 0 Å². The lowest BCUT2D eigenvalue weighted by atomic mass is 10.1. The molecule has 82 valence electrons. The van der Waals surface area contributed by atoms with Crippen molar-refractivity contribution in [2.75, 3.05) is 7.05 Å². The topological polar surface area (TPSA) is 62.0 Å². The summed E-state index contributed by atoms with van der Waals surface area (Å²) in [6.07, 6.45) is 0. The Hall–Kier alpha value is -1.62. The Bertz CT molecular complexity index is 619. The number of H-pyrrole nitrogens is 1. The highest BCUT2D eigenvalue weighted by molar-refractivity contribution is 9.10. The van der Waals surface area contributed by atoms with Gasteiger partial charge in [-0.25, -0.2) is 0 Å². The summed E-state index contributed by atoms with van der Waals surface area (Å²) in [7, 11) is 1.54. The van der Waals surface area contributed by atoms with Crippen LogP contribution in [0.4, 0.5) is 0 Å². The summed E-state index contributed by atoms with van der Waals surface area (Å²) >= 11 is 3.33. The third kappa shape index (κ3) is 1.74. The predicted molar refractivity (Wildman–Crippen MR) is 65.7 cm³/mol. The first-order valence-corrected chi connectivity index (χ1v) is 5.46. The SMILES string of the molecule is CNC(=O)c1cc(=O)[nH]c2c(Br)cccc12. The fourth-order valence-corrected chi connectivity index (χ4v) is 2.03. The quantitative estimate of drug-likeness (QED) is 0.835. The number of para-hydroxylation sites is 1. The fraction of sp³-hybridized carbons (Fsp3) is 0.0909. The second-order valence-corrected chi connectivity index (χ2v) is 4.14. The highest BCUT2D eigenvalue weighted by atomic mass is 79.9. The van der Waals surface area contributed by atoms with Crippen molar-refractivity contribution in [2.24, 2.45) is 0 Å². The van der Waals surface area contributed by atoms with Gasteiger partial charge in [-0.2, -0.15) is 0 Å². The zero-order valence-corrected chi connectivity index (χ0v) is 10.1. The van der Waals surface area contributed by atoms with Crippen LogP contribution in [0.15, 0.2) is 33.5 Å². The van der Waals surface area contributed by atoms with Crippen LogP contribution in [-0.2, 0) is 0 Å². The molecule has 1 aromatic heterocycles. The van der Waals surface area contributed by atoms with Crippen molar-refractivity contribution < 1.29 is 4.79 Å². The van der Waals surface area contributed by atoms with Gasteiger partial charge in [0.25, 0.3) is 5.91 Å². The van der Waals surface area contributed by atoms with Crippen molar-refractivity contribution in [3.63, 3.8) is 0 Å². The van der Waals surface area contributed by atoms with Crippen molar-refractivity contribution in [3.8, 4) is 0 Å². The van der Waals surface area contributed by atoms with Gasteiger partial charge in [0.15, 0.2) is 0 Å². The number of carbonyl (C=O) groups excluding carboxylic acids is 1. The molecule has 1 aromatic carbocycles. The Morgan fingerprint density at radius 1 is 1.44 bits per heavy atom. The van der Waals surface area contributed by atoms with Crippen molar-refractivity contribution in [3.05, 3.63) is 44.7 Å². The molecule has 2 aromatic rings. The summed E-state index contributed by atoms with van der Waals surface area (Å²) in [5.41, 5.74) is 0.717. The molecule has 0 spiro atoms. The molecule has 4 nitrogen and oxygen atoms in total. The maximum atomic E-state index is 11.6. The van der Waals surface area contributed by atoms with Crippen LogP contribution < -0.4 is 10.9 Å². The van der Waals surface area contributed by atoms with E-state index in [2.05, 4.69) is 26.2 Å². The van der Waals surface area contributed by atoms with Crippen LogP contribution in [0, 0.1) is 0 Å². The standard InChI is InChI=1S/C11H9BrN2O2/c1-13-11(16)7-5-9(15)14-10-6(7)3-2-4-8(10)12/h2-5H,1H3,(H,13,16)(H,14,15). The average molecular weight is 281 g/mol. The molecular formula is C11H9BrN2O2. The van der Waals surface area contributed by atoms with Crippen LogP contribution in [0.2, 0.25) is 0 Å². The van der Waals surface area contributed by atoms with Gasteiger partial charge in [0.2, 0.25) is 5.56 Å². The molecule has 0 unspecified atom stereocenters. The first-order valence-electron chi connectivity index (χ1n) is 4.67. The molecule has 0 bridgehead atoms. The molecule has 5 heteroatoms. The minimum absolute atomic E-state index is 0.269. The summed E-state index contributed by atoms with van der Waals surface area (Å²) < 4.78 is 0.757. The Labute approximate surface area is 99.8 Å². The Balaban J connectivity index is 2.88. The maximum absolute atomic E-state index is 11.6. The minimum atomic E-state index is -0.294. The first kappa shape index (κ1) is 10.9. The van der Waals surface area contributed by atoms with Crippen molar-refractivity contribution in [1.82, 2.24) is 10.3 Å². The summed E-state index contributed by atoms with van der Waals surface area (Å²) in [4.78, 5) is 25.7. The van der Waals surface area contributed by atoms with Crippen LogP contribution >= 0.6 is 15.9 Å². The monoisotopic (exact) mass is 280 g/mol. The van der Waals surface area contributed by atoms with Gasteiger partial charge in [-0.15, -0.1) is 0 Å². The van der Waals surface area contributed by atoms with E-state index in [-0.39, 0.29) is 11.5 Å². The van der Waals surface area contributed by atoms with Gasteiger partial charge in [0.05, 0.1) is 11.1 Å². The normalized spacial score (nSPS) is 10.4. The first-order chi connectivity index (χ1) is 7.63. The average Bonchev–Trinajstić information content (AvgIpc) is 2.28. The molecule has 2 rings (SSSR count). The van der Waals surface area contributed by atoms with E-state index in [1.54, 1.807) is 6.07 Å². The van der Waals surface area contributed by atoms with E-state index in [9.17, 15) is 9.59 Å². The van der Waals surface area contributed by atoms with Gasteiger partial charge in [0, 0.05) is 23.0 Å². The highest BCUT2D eigenvalue weighted by Crippen LogP contribution is 2.22. The van der Waals surface area contributed by atoms with Crippen molar-refractivity contribution in [2.45, 2.75) is 0 Å². The molecule has 2 N–H and O–H groups in total. The molecule has 0 radical (unpaired) electrons. The van der Waals surface area contributed by atoms with E-state index in [1.807, 2.05) is 12.1 Å². The Kier molecular flexibility index (Phi) is 2.78. The highest BCUT2D eigenvalue weighted by Gasteiger charge is 2.11. The van der Waals surface area contributed by atoms with E-state index >= 15 is 0 Å².